The molecule has 1 aromatic rings. The number of hydrogen-bond donors (Lipinski definition) is 1. The van der Waals surface area contributed by atoms with Gasteiger partial charge in [-0.15, -0.1) is 0 Å². The van der Waals surface area contributed by atoms with Gasteiger partial charge in [-0.1, -0.05) is 44.2 Å². The van der Waals surface area contributed by atoms with Crippen LogP contribution in [0.5, 0.6) is 0 Å². The lowest BCUT2D eigenvalue weighted by Gasteiger charge is -2.27. The maximum atomic E-state index is 12.3. The average molecular weight is 289 g/mol. The van der Waals surface area contributed by atoms with Gasteiger partial charge in [0.05, 0.1) is 12.5 Å². The molecule has 5 heteroatoms. The Morgan fingerprint density at radius 1 is 1.29 bits per heavy atom. The van der Waals surface area contributed by atoms with E-state index in [4.69, 9.17) is 10.00 Å². The number of ether oxygens (including phenoxy) is 1. The largest absolute Gasteiger partial charge is 0.480 e. The quantitative estimate of drug-likeness (QED) is 0.615. The van der Waals surface area contributed by atoms with Crippen LogP contribution in [-0.4, -0.2) is 17.0 Å². The number of carboxylic acid groups (broad SMARTS) is 1. The van der Waals surface area contributed by atoms with E-state index in [9.17, 15) is 14.7 Å². The fourth-order valence-corrected chi connectivity index (χ4v) is 2.15. The number of aliphatic carboxylic acids is 1. The van der Waals surface area contributed by atoms with Gasteiger partial charge in [-0.25, -0.2) is 0 Å². The van der Waals surface area contributed by atoms with Gasteiger partial charge in [0.1, 0.15) is 6.10 Å². The molecule has 0 aliphatic rings. The molecule has 0 amide bonds. The Labute approximate surface area is 124 Å². The van der Waals surface area contributed by atoms with Gasteiger partial charge >= 0.3 is 11.9 Å². The van der Waals surface area contributed by atoms with Gasteiger partial charge in [-0.3, -0.25) is 9.59 Å². The Morgan fingerprint density at radius 3 is 2.29 bits per heavy atom. The summed E-state index contributed by atoms with van der Waals surface area (Å²) < 4.78 is 5.34. The van der Waals surface area contributed by atoms with Crippen molar-refractivity contribution >= 4 is 11.9 Å². The highest BCUT2D eigenvalue weighted by Crippen LogP contribution is 2.32. The van der Waals surface area contributed by atoms with Gasteiger partial charge in [0, 0.05) is 0 Å². The number of nitriles is 1. The van der Waals surface area contributed by atoms with E-state index < -0.39 is 23.5 Å². The molecule has 112 valence electrons. The summed E-state index contributed by atoms with van der Waals surface area (Å²) in [7, 11) is 0. The van der Waals surface area contributed by atoms with Gasteiger partial charge in [-0.2, -0.15) is 5.26 Å². The molecule has 0 aromatic heterocycles. The molecule has 0 saturated carbocycles. The maximum Gasteiger partial charge on any atom is 0.324 e. The lowest BCUT2D eigenvalue weighted by Crippen LogP contribution is -2.40. The predicted octanol–water partition coefficient (Wildman–Crippen LogP) is 3.08. The van der Waals surface area contributed by atoms with Crippen molar-refractivity contribution in [3.63, 3.8) is 0 Å². The van der Waals surface area contributed by atoms with Gasteiger partial charge in [0.2, 0.25) is 0 Å². The molecule has 1 rings (SSSR count). The molecule has 1 unspecified atom stereocenters. The zero-order valence-electron chi connectivity index (χ0n) is 12.2. The number of nitrogens with zero attached hydrogens (tertiary/aromatic N) is 1. The SMILES string of the molecule is CCC(CC)(C(=O)O)C(=O)OC(CC#N)c1ccccc1. The predicted molar refractivity (Wildman–Crippen MR) is 76.2 cm³/mol. The highest BCUT2D eigenvalue weighted by Gasteiger charge is 2.45. The van der Waals surface area contributed by atoms with Crippen LogP contribution in [0.25, 0.3) is 0 Å². The fourth-order valence-electron chi connectivity index (χ4n) is 2.15. The van der Waals surface area contributed by atoms with Crippen LogP contribution in [0.4, 0.5) is 0 Å². The summed E-state index contributed by atoms with van der Waals surface area (Å²) in [4.78, 5) is 23.7. The van der Waals surface area contributed by atoms with Crippen molar-refractivity contribution in [2.45, 2.75) is 39.2 Å². The van der Waals surface area contributed by atoms with Crippen LogP contribution < -0.4 is 0 Å². The summed E-state index contributed by atoms with van der Waals surface area (Å²) in [6.45, 7) is 3.28. The molecule has 0 fully saturated rings. The third kappa shape index (κ3) is 3.60. The molecule has 0 bridgehead atoms. The van der Waals surface area contributed by atoms with Crippen molar-refractivity contribution in [2.75, 3.05) is 0 Å². The van der Waals surface area contributed by atoms with Crippen molar-refractivity contribution in [3.05, 3.63) is 35.9 Å². The van der Waals surface area contributed by atoms with Crippen LogP contribution >= 0.6 is 0 Å². The maximum absolute atomic E-state index is 12.3. The minimum atomic E-state index is -1.55. The Bertz CT molecular complexity index is 529. The Balaban J connectivity index is 3.01. The number of rotatable bonds is 7. The highest BCUT2D eigenvalue weighted by atomic mass is 16.5. The molecule has 0 aliphatic carbocycles. The lowest BCUT2D eigenvalue weighted by atomic mass is 9.82. The molecule has 0 saturated heterocycles. The monoisotopic (exact) mass is 289 g/mol. The van der Waals surface area contributed by atoms with Crippen LogP contribution in [0, 0.1) is 16.7 Å². The van der Waals surface area contributed by atoms with Gasteiger partial charge in [-0.05, 0) is 18.4 Å². The van der Waals surface area contributed by atoms with Gasteiger partial charge in [0.25, 0.3) is 0 Å². The Kier molecular flexibility index (Phi) is 5.92. The van der Waals surface area contributed by atoms with E-state index in [1.165, 1.54) is 0 Å². The second kappa shape index (κ2) is 7.44. The van der Waals surface area contributed by atoms with Crippen LogP contribution in [0.1, 0.15) is 44.8 Å². The van der Waals surface area contributed by atoms with Crippen molar-refractivity contribution in [3.8, 4) is 6.07 Å². The minimum absolute atomic E-state index is 0.0150. The molecular weight excluding hydrogens is 270 g/mol. The summed E-state index contributed by atoms with van der Waals surface area (Å²) in [5.74, 6) is -1.98. The second-order valence-electron chi connectivity index (χ2n) is 4.76. The third-order valence-electron chi connectivity index (χ3n) is 3.70. The average Bonchev–Trinajstić information content (AvgIpc) is 2.49. The number of esters is 1. The Hall–Kier alpha value is -2.35. The smallest absolute Gasteiger partial charge is 0.324 e. The molecule has 0 radical (unpaired) electrons. The van der Waals surface area contributed by atoms with Crippen molar-refractivity contribution in [1.82, 2.24) is 0 Å². The van der Waals surface area contributed by atoms with E-state index in [1.807, 2.05) is 12.1 Å². The molecule has 1 N–H and O–H groups in total. The normalized spacial score (nSPS) is 12.2. The molecule has 21 heavy (non-hydrogen) atoms. The molecule has 1 atom stereocenters. The van der Waals surface area contributed by atoms with Crippen LogP contribution in [0.15, 0.2) is 30.3 Å². The van der Waals surface area contributed by atoms with Crippen molar-refractivity contribution in [1.29, 1.82) is 5.26 Å². The molecular formula is C16H19NO4. The summed E-state index contributed by atoms with van der Waals surface area (Å²) in [5, 5.41) is 18.2. The van der Waals surface area contributed by atoms with E-state index in [1.54, 1.807) is 38.1 Å². The van der Waals surface area contributed by atoms with E-state index in [0.29, 0.717) is 5.56 Å². The first-order valence-corrected chi connectivity index (χ1v) is 6.88. The number of carboxylic acids is 1. The number of hydrogen-bond acceptors (Lipinski definition) is 4. The summed E-state index contributed by atoms with van der Waals surface area (Å²) in [6, 6.07) is 10.8. The number of carbonyl (C=O) groups excluding carboxylic acids is 1. The Morgan fingerprint density at radius 2 is 1.86 bits per heavy atom. The lowest BCUT2D eigenvalue weighted by molar-refractivity contribution is -0.173. The molecule has 0 heterocycles. The number of carbonyl (C=O) groups is 2. The topological polar surface area (TPSA) is 87.4 Å². The number of benzene rings is 1. The van der Waals surface area contributed by atoms with E-state index >= 15 is 0 Å². The van der Waals surface area contributed by atoms with E-state index in [-0.39, 0.29) is 19.3 Å². The molecule has 0 aliphatic heterocycles. The first kappa shape index (κ1) is 16.7. The first-order chi connectivity index (χ1) is 10.0. The van der Waals surface area contributed by atoms with E-state index in [2.05, 4.69) is 0 Å². The molecule has 0 spiro atoms. The minimum Gasteiger partial charge on any atom is -0.480 e. The zero-order chi connectivity index (χ0) is 15.9. The van der Waals surface area contributed by atoms with Crippen LogP contribution in [0.3, 0.4) is 0 Å². The summed E-state index contributed by atoms with van der Waals surface area (Å²) >= 11 is 0. The van der Waals surface area contributed by atoms with Gasteiger partial charge in [0.15, 0.2) is 5.41 Å². The highest BCUT2D eigenvalue weighted by molar-refractivity contribution is 5.99. The molecule has 5 nitrogen and oxygen atoms in total. The standard InChI is InChI=1S/C16H19NO4/c1-3-16(4-2,14(18)19)15(20)21-13(10-11-17)12-8-6-5-7-9-12/h5-9,13H,3-4,10H2,1-2H3,(H,18,19). The van der Waals surface area contributed by atoms with Crippen LogP contribution in [0.2, 0.25) is 0 Å². The third-order valence-corrected chi connectivity index (χ3v) is 3.70. The summed E-state index contributed by atoms with van der Waals surface area (Å²) in [5.41, 5.74) is -0.874. The zero-order valence-corrected chi connectivity index (χ0v) is 12.2. The summed E-state index contributed by atoms with van der Waals surface area (Å²) in [6.07, 6.45) is -0.475. The van der Waals surface area contributed by atoms with Crippen molar-refractivity contribution < 1.29 is 19.4 Å². The first-order valence-electron chi connectivity index (χ1n) is 6.88. The van der Waals surface area contributed by atoms with Gasteiger partial charge < -0.3 is 9.84 Å². The van der Waals surface area contributed by atoms with Crippen molar-refractivity contribution in [2.24, 2.45) is 5.41 Å². The van der Waals surface area contributed by atoms with E-state index in [0.717, 1.165) is 0 Å². The second-order valence-corrected chi connectivity index (χ2v) is 4.76. The fraction of sp³-hybridized carbons (Fsp3) is 0.438. The molecule has 1 aromatic carbocycles. The van der Waals surface area contributed by atoms with Crippen LogP contribution in [-0.2, 0) is 14.3 Å².